The summed E-state index contributed by atoms with van der Waals surface area (Å²) < 4.78 is 0. The number of para-hydroxylation sites is 1. The van der Waals surface area contributed by atoms with Gasteiger partial charge >= 0.3 is 5.97 Å². The zero-order chi connectivity index (χ0) is 33.2. The van der Waals surface area contributed by atoms with Crippen LogP contribution in [0, 0.1) is 0 Å². The number of aromatic amines is 2. The molecule has 3 amide bonds. The number of carbonyl (C=O) groups is 4. The Balaban J connectivity index is 1.35. The van der Waals surface area contributed by atoms with Crippen LogP contribution in [0.25, 0.3) is 10.9 Å². The summed E-state index contributed by atoms with van der Waals surface area (Å²) in [4.78, 5) is 63.1. The lowest BCUT2D eigenvalue weighted by molar-refractivity contribution is -0.142. The fourth-order valence-electron chi connectivity index (χ4n) is 5.39. The maximum Gasteiger partial charge on any atom is 0.326 e. The summed E-state index contributed by atoms with van der Waals surface area (Å²) in [7, 11) is 0. The van der Waals surface area contributed by atoms with Crippen molar-refractivity contribution in [2.75, 3.05) is 0 Å². The molecule has 3 aromatic carbocycles. The topological polar surface area (TPSA) is 195 Å². The highest BCUT2D eigenvalue weighted by Crippen LogP contribution is 2.19. The number of nitrogens with two attached hydrogens (primary N) is 1. The molecule has 0 spiro atoms. The molecule has 47 heavy (non-hydrogen) atoms. The molecule has 12 nitrogen and oxygen atoms in total. The number of benzene rings is 3. The van der Waals surface area contributed by atoms with Crippen LogP contribution in [-0.4, -0.2) is 67.9 Å². The minimum absolute atomic E-state index is 0.0258. The van der Waals surface area contributed by atoms with Crippen molar-refractivity contribution in [3.63, 3.8) is 0 Å². The number of imidazole rings is 1. The summed E-state index contributed by atoms with van der Waals surface area (Å²) in [5.41, 5.74) is 9.94. The summed E-state index contributed by atoms with van der Waals surface area (Å²) in [5, 5.41) is 19.1. The minimum Gasteiger partial charge on any atom is -0.480 e. The minimum atomic E-state index is -1.27. The number of H-pyrrole nitrogens is 2. The van der Waals surface area contributed by atoms with Crippen LogP contribution in [0.4, 0.5) is 0 Å². The van der Waals surface area contributed by atoms with Gasteiger partial charge in [-0.05, 0) is 22.8 Å². The third-order valence-corrected chi connectivity index (χ3v) is 7.88. The van der Waals surface area contributed by atoms with Gasteiger partial charge in [0.2, 0.25) is 17.7 Å². The molecular formula is C35H37N7O5. The number of hydrogen-bond donors (Lipinski definition) is 7. The molecule has 5 rings (SSSR count). The maximum absolute atomic E-state index is 13.9. The van der Waals surface area contributed by atoms with Gasteiger partial charge < -0.3 is 36.8 Å². The third kappa shape index (κ3) is 8.92. The number of aliphatic carboxylic acids is 1. The van der Waals surface area contributed by atoms with Gasteiger partial charge in [-0.1, -0.05) is 78.9 Å². The van der Waals surface area contributed by atoms with Gasteiger partial charge in [0.15, 0.2) is 0 Å². The first-order valence-corrected chi connectivity index (χ1v) is 15.3. The maximum atomic E-state index is 13.9. The van der Waals surface area contributed by atoms with Crippen LogP contribution in [0.15, 0.2) is 104 Å². The van der Waals surface area contributed by atoms with E-state index in [2.05, 4.69) is 30.9 Å². The lowest BCUT2D eigenvalue weighted by Gasteiger charge is -2.25. The first-order valence-electron chi connectivity index (χ1n) is 15.3. The van der Waals surface area contributed by atoms with Crippen LogP contribution >= 0.6 is 0 Å². The number of nitrogens with zero attached hydrogens (tertiary/aromatic N) is 1. The molecule has 0 saturated carbocycles. The Bertz CT molecular complexity index is 1790. The van der Waals surface area contributed by atoms with Crippen LogP contribution in [0.1, 0.15) is 22.4 Å². The highest BCUT2D eigenvalue weighted by molar-refractivity contribution is 5.94. The van der Waals surface area contributed by atoms with Crippen molar-refractivity contribution in [1.29, 1.82) is 0 Å². The molecule has 5 aromatic rings. The second kappa shape index (κ2) is 15.5. The molecule has 12 heteroatoms. The number of carboxylic acid groups (broad SMARTS) is 1. The molecule has 4 atom stereocenters. The summed E-state index contributed by atoms with van der Waals surface area (Å²) in [6, 6.07) is 21.2. The Morgan fingerprint density at radius 1 is 0.681 bits per heavy atom. The quantitative estimate of drug-likeness (QED) is 0.0914. The number of aromatic nitrogens is 3. The van der Waals surface area contributed by atoms with E-state index in [4.69, 9.17) is 5.73 Å². The first-order chi connectivity index (χ1) is 22.8. The lowest BCUT2D eigenvalue weighted by atomic mass is 10.0. The summed E-state index contributed by atoms with van der Waals surface area (Å²) in [6.07, 6.45) is 5.20. The Labute approximate surface area is 271 Å². The second-order valence-corrected chi connectivity index (χ2v) is 11.4. The molecule has 0 aliphatic rings. The highest BCUT2D eigenvalue weighted by atomic mass is 16.4. The summed E-state index contributed by atoms with van der Waals surface area (Å²) >= 11 is 0. The van der Waals surface area contributed by atoms with Gasteiger partial charge in [0.05, 0.1) is 12.4 Å². The predicted molar refractivity (Wildman–Crippen MR) is 176 cm³/mol. The SMILES string of the molecule is NC(Cc1cnc[nH]1)C(=O)NC(Cc1ccccc1)C(=O)NC(Cc1ccccc1)C(=O)NC(Cc1c[nH]c2ccccc12)C(=O)O. The van der Waals surface area contributed by atoms with Crippen molar-refractivity contribution >= 4 is 34.6 Å². The Hall–Kier alpha value is -5.75. The van der Waals surface area contributed by atoms with E-state index in [1.165, 1.54) is 6.33 Å². The van der Waals surface area contributed by atoms with E-state index in [1.807, 2.05) is 84.9 Å². The molecule has 2 aromatic heterocycles. The van der Waals surface area contributed by atoms with E-state index >= 15 is 0 Å². The van der Waals surface area contributed by atoms with Crippen molar-refractivity contribution in [1.82, 2.24) is 30.9 Å². The zero-order valence-electron chi connectivity index (χ0n) is 25.6. The van der Waals surface area contributed by atoms with Crippen molar-refractivity contribution in [3.05, 3.63) is 126 Å². The smallest absolute Gasteiger partial charge is 0.326 e. The predicted octanol–water partition coefficient (Wildman–Crippen LogP) is 2.03. The molecule has 0 bridgehead atoms. The van der Waals surface area contributed by atoms with E-state index in [9.17, 15) is 24.3 Å². The van der Waals surface area contributed by atoms with Gasteiger partial charge in [-0.25, -0.2) is 9.78 Å². The molecule has 8 N–H and O–H groups in total. The molecule has 0 fully saturated rings. The van der Waals surface area contributed by atoms with Crippen molar-refractivity contribution in [2.45, 2.75) is 49.9 Å². The molecule has 0 aliphatic heterocycles. The number of rotatable bonds is 15. The van der Waals surface area contributed by atoms with Crippen molar-refractivity contribution in [2.24, 2.45) is 5.73 Å². The molecule has 0 saturated heterocycles. The molecule has 0 aliphatic carbocycles. The Morgan fingerprint density at radius 2 is 1.23 bits per heavy atom. The second-order valence-electron chi connectivity index (χ2n) is 11.4. The fraction of sp³-hybridized carbons (Fsp3) is 0.229. The van der Waals surface area contributed by atoms with Gasteiger partial charge in [0.1, 0.15) is 18.1 Å². The number of nitrogens with one attached hydrogen (secondary N) is 5. The van der Waals surface area contributed by atoms with E-state index < -0.39 is 47.9 Å². The molecule has 0 radical (unpaired) electrons. The largest absolute Gasteiger partial charge is 0.480 e. The average Bonchev–Trinajstić information content (AvgIpc) is 3.74. The van der Waals surface area contributed by atoms with Gasteiger partial charge in [0.25, 0.3) is 0 Å². The molecular weight excluding hydrogens is 598 g/mol. The van der Waals surface area contributed by atoms with E-state index in [0.717, 1.165) is 27.6 Å². The van der Waals surface area contributed by atoms with Gasteiger partial charge in [-0.3, -0.25) is 14.4 Å². The standard InChI is InChI=1S/C35H37N7O5/c36-27(18-25-20-37-21-39-25)32(43)40-29(15-22-9-3-1-4-10-22)33(44)41-30(16-23-11-5-2-6-12-23)34(45)42-31(35(46)47)17-24-19-38-28-14-8-7-13-26(24)28/h1-14,19-21,27,29-31,38H,15-18,36H2,(H,37,39)(H,40,43)(H,41,44)(H,42,45)(H,46,47). The Kier molecular flexibility index (Phi) is 10.8. The van der Waals surface area contributed by atoms with E-state index in [0.29, 0.717) is 5.69 Å². The number of carbonyl (C=O) groups excluding carboxylic acids is 3. The van der Waals surface area contributed by atoms with E-state index in [-0.39, 0.29) is 25.7 Å². The Morgan fingerprint density at radius 3 is 1.81 bits per heavy atom. The lowest BCUT2D eigenvalue weighted by Crippen LogP contribution is -2.58. The molecule has 242 valence electrons. The van der Waals surface area contributed by atoms with Crippen LogP contribution in [-0.2, 0) is 44.9 Å². The van der Waals surface area contributed by atoms with Crippen LogP contribution in [0.5, 0.6) is 0 Å². The number of carboxylic acids is 1. The average molecular weight is 636 g/mol. The van der Waals surface area contributed by atoms with Crippen LogP contribution in [0.3, 0.4) is 0 Å². The van der Waals surface area contributed by atoms with Crippen LogP contribution in [0.2, 0.25) is 0 Å². The fourth-order valence-corrected chi connectivity index (χ4v) is 5.39. The third-order valence-electron chi connectivity index (χ3n) is 7.88. The summed E-state index contributed by atoms with van der Waals surface area (Å²) in [5.74, 6) is -3.05. The van der Waals surface area contributed by atoms with Gasteiger partial charge in [-0.2, -0.15) is 0 Å². The van der Waals surface area contributed by atoms with Gasteiger partial charge in [-0.15, -0.1) is 0 Å². The molecule has 2 heterocycles. The molecule has 4 unspecified atom stereocenters. The monoisotopic (exact) mass is 635 g/mol. The number of hydrogen-bond acceptors (Lipinski definition) is 6. The van der Waals surface area contributed by atoms with Crippen LogP contribution < -0.4 is 21.7 Å². The highest BCUT2D eigenvalue weighted by Gasteiger charge is 2.31. The number of fused-ring (bicyclic) bond motifs is 1. The van der Waals surface area contributed by atoms with E-state index in [1.54, 1.807) is 12.4 Å². The number of amides is 3. The van der Waals surface area contributed by atoms with Gasteiger partial charge in [0, 0.05) is 54.7 Å². The normalized spacial score (nSPS) is 13.6. The first kappa shape index (κ1) is 32.6. The van der Waals surface area contributed by atoms with Crippen molar-refractivity contribution in [3.8, 4) is 0 Å². The van der Waals surface area contributed by atoms with Crippen molar-refractivity contribution < 1.29 is 24.3 Å². The zero-order valence-corrected chi connectivity index (χ0v) is 25.6. The summed E-state index contributed by atoms with van der Waals surface area (Å²) in [6.45, 7) is 0.